The molecule has 9 nitrogen and oxygen atoms in total. The van der Waals surface area contributed by atoms with Crippen LogP contribution in [0.15, 0.2) is 42.5 Å². The molecule has 0 radical (unpaired) electrons. The Morgan fingerprint density at radius 3 is 2.42 bits per heavy atom. The fraction of sp³-hybridized carbons (Fsp3) is 0.125. The highest BCUT2D eigenvalue weighted by Gasteiger charge is 2.39. The lowest BCUT2D eigenvalue weighted by atomic mass is 10.1. The molecule has 0 saturated carbocycles. The van der Waals surface area contributed by atoms with Crippen molar-refractivity contribution in [3.8, 4) is 0 Å². The Morgan fingerprint density at radius 2 is 1.79 bits per heavy atom. The Labute approximate surface area is 216 Å². The fourth-order valence-electron chi connectivity index (χ4n) is 3.76. The number of amides is 3. The Bertz CT molecular complexity index is 1630. The van der Waals surface area contributed by atoms with Crippen molar-refractivity contribution in [1.29, 1.82) is 0 Å². The van der Waals surface area contributed by atoms with E-state index in [9.17, 15) is 31.9 Å². The number of anilines is 1. The van der Waals surface area contributed by atoms with Crippen LogP contribution in [0.2, 0.25) is 5.02 Å². The number of carbonyl (C=O) groups excluding carboxylic acids is 3. The maximum Gasteiger partial charge on any atom is 0.437 e. The van der Waals surface area contributed by atoms with Gasteiger partial charge in [0.15, 0.2) is 5.69 Å². The van der Waals surface area contributed by atoms with Crippen LogP contribution >= 0.6 is 11.6 Å². The van der Waals surface area contributed by atoms with Gasteiger partial charge in [0, 0.05) is 17.0 Å². The van der Waals surface area contributed by atoms with Crippen LogP contribution in [-0.2, 0) is 12.7 Å². The number of benzene rings is 2. The van der Waals surface area contributed by atoms with Crippen molar-refractivity contribution in [2.45, 2.75) is 19.6 Å². The molecule has 14 heteroatoms. The molecular formula is C24H17ClF4N6O3. The molecule has 2 heterocycles. The third kappa shape index (κ3) is 5.13. The second kappa shape index (κ2) is 9.74. The van der Waals surface area contributed by atoms with Gasteiger partial charge in [0.05, 0.1) is 34.0 Å². The van der Waals surface area contributed by atoms with E-state index in [1.807, 2.05) is 0 Å². The summed E-state index contributed by atoms with van der Waals surface area (Å²) in [6.45, 7) is 1.13. The van der Waals surface area contributed by atoms with Crippen LogP contribution in [0.5, 0.6) is 0 Å². The van der Waals surface area contributed by atoms with E-state index >= 15 is 0 Å². The van der Waals surface area contributed by atoms with Crippen LogP contribution in [0, 0.1) is 12.7 Å². The van der Waals surface area contributed by atoms with Crippen molar-refractivity contribution < 1.29 is 31.9 Å². The van der Waals surface area contributed by atoms with Crippen molar-refractivity contribution in [2.24, 2.45) is 11.5 Å². The molecule has 38 heavy (non-hydrogen) atoms. The minimum atomic E-state index is -4.96. The van der Waals surface area contributed by atoms with E-state index in [4.69, 9.17) is 23.1 Å². The van der Waals surface area contributed by atoms with Crippen LogP contribution in [-0.4, -0.2) is 32.5 Å². The molecule has 0 saturated heterocycles. The summed E-state index contributed by atoms with van der Waals surface area (Å²) >= 11 is 5.83. The van der Waals surface area contributed by atoms with Crippen molar-refractivity contribution in [3.63, 3.8) is 0 Å². The number of aromatic nitrogens is 3. The summed E-state index contributed by atoms with van der Waals surface area (Å²) in [6.07, 6.45) is -4.96. The third-order valence-corrected chi connectivity index (χ3v) is 5.89. The third-order valence-electron chi connectivity index (χ3n) is 5.61. The summed E-state index contributed by atoms with van der Waals surface area (Å²) in [4.78, 5) is 40.3. The van der Waals surface area contributed by atoms with E-state index in [-0.39, 0.29) is 39.3 Å². The van der Waals surface area contributed by atoms with Crippen molar-refractivity contribution in [3.05, 3.63) is 87.1 Å². The molecule has 0 unspecified atom stereocenters. The lowest BCUT2D eigenvalue weighted by Crippen LogP contribution is -2.19. The highest BCUT2D eigenvalue weighted by atomic mass is 35.5. The number of nitrogens with zero attached hydrogens (tertiary/aromatic N) is 3. The van der Waals surface area contributed by atoms with Gasteiger partial charge >= 0.3 is 6.18 Å². The number of nitrogens with two attached hydrogens (primary N) is 2. The van der Waals surface area contributed by atoms with Gasteiger partial charge in [0.25, 0.3) is 11.8 Å². The molecule has 0 aliphatic heterocycles. The monoisotopic (exact) mass is 548 g/mol. The highest BCUT2D eigenvalue weighted by Crippen LogP contribution is 2.37. The Morgan fingerprint density at radius 1 is 1.08 bits per heavy atom. The van der Waals surface area contributed by atoms with E-state index in [1.54, 1.807) is 6.07 Å². The first-order valence-electron chi connectivity index (χ1n) is 10.7. The average molecular weight is 549 g/mol. The number of pyridine rings is 1. The minimum Gasteiger partial charge on any atom is -0.366 e. The van der Waals surface area contributed by atoms with Gasteiger partial charge in [-0.3, -0.25) is 19.1 Å². The Hall–Kier alpha value is -4.52. The molecule has 0 spiro atoms. The SMILES string of the molecule is Cc1c(NC(=O)c2cc(C(N)=O)nc3cc(F)c(Cl)cc23)c(C(F)(F)F)nn1Cc1cccc(C(N)=O)c1. The van der Waals surface area contributed by atoms with Gasteiger partial charge in [0.2, 0.25) is 5.91 Å². The van der Waals surface area contributed by atoms with Gasteiger partial charge < -0.3 is 16.8 Å². The molecule has 196 valence electrons. The molecule has 0 bridgehead atoms. The zero-order valence-corrected chi connectivity index (χ0v) is 20.1. The van der Waals surface area contributed by atoms with Gasteiger partial charge in [-0.05, 0) is 36.8 Å². The van der Waals surface area contributed by atoms with E-state index < -0.39 is 46.8 Å². The second-order valence-corrected chi connectivity index (χ2v) is 8.59. The second-order valence-electron chi connectivity index (χ2n) is 8.19. The number of rotatable bonds is 6. The van der Waals surface area contributed by atoms with E-state index in [0.717, 1.165) is 22.9 Å². The van der Waals surface area contributed by atoms with E-state index in [0.29, 0.717) is 5.56 Å². The topological polar surface area (TPSA) is 146 Å². The van der Waals surface area contributed by atoms with Gasteiger partial charge in [-0.15, -0.1) is 0 Å². The maximum absolute atomic E-state index is 14.0. The summed E-state index contributed by atoms with van der Waals surface area (Å²) < 4.78 is 56.7. The number of halogens is 5. The minimum absolute atomic E-state index is 0.0271. The zero-order chi connectivity index (χ0) is 27.9. The summed E-state index contributed by atoms with van der Waals surface area (Å²) in [5.41, 5.74) is 8.13. The van der Waals surface area contributed by atoms with E-state index in [1.165, 1.54) is 25.1 Å². The van der Waals surface area contributed by atoms with E-state index in [2.05, 4.69) is 15.4 Å². The van der Waals surface area contributed by atoms with Crippen LogP contribution in [0.1, 0.15) is 48.2 Å². The molecule has 4 rings (SSSR count). The van der Waals surface area contributed by atoms with Crippen molar-refractivity contribution in [2.75, 3.05) is 5.32 Å². The lowest BCUT2D eigenvalue weighted by molar-refractivity contribution is -0.140. The number of alkyl halides is 3. The van der Waals surface area contributed by atoms with Crippen LogP contribution < -0.4 is 16.8 Å². The summed E-state index contributed by atoms with van der Waals surface area (Å²) in [7, 11) is 0. The molecule has 2 aromatic heterocycles. The smallest absolute Gasteiger partial charge is 0.366 e. The Balaban J connectivity index is 1.79. The largest absolute Gasteiger partial charge is 0.437 e. The maximum atomic E-state index is 14.0. The molecule has 0 aliphatic carbocycles. The predicted molar refractivity (Wildman–Crippen MR) is 129 cm³/mol. The van der Waals surface area contributed by atoms with Crippen LogP contribution in [0.3, 0.4) is 0 Å². The first-order valence-corrected chi connectivity index (χ1v) is 11.1. The zero-order valence-electron chi connectivity index (χ0n) is 19.4. The van der Waals surface area contributed by atoms with Crippen molar-refractivity contribution >= 4 is 45.9 Å². The lowest BCUT2D eigenvalue weighted by Gasteiger charge is -2.12. The molecule has 2 aromatic carbocycles. The standard InChI is InChI=1S/C24H17ClF4N6O3/c1-10-19(20(24(27,28)29)34-35(10)9-11-3-2-4-12(5-11)21(30)36)33-23(38)14-7-18(22(31)37)32-17-8-16(26)15(25)6-13(14)17/h2-8H,9H2,1H3,(H2,30,36)(H2,31,37)(H,33,38). The summed E-state index contributed by atoms with van der Waals surface area (Å²) in [6, 6.07) is 8.84. The highest BCUT2D eigenvalue weighted by molar-refractivity contribution is 6.31. The quantitative estimate of drug-likeness (QED) is 0.311. The molecule has 0 aliphatic rings. The number of carbonyl (C=O) groups is 3. The molecule has 3 amide bonds. The molecular weight excluding hydrogens is 532 g/mol. The predicted octanol–water partition coefficient (Wildman–Crippen LogP) is 4.05. The normalized spacial score (nSPS) is 11.5. The molecule has 0 fully saturated rings. The number of fused-ring (bicyclic) bond motifs is 1. The van der Waals surface area contributed by atoms with Crippen LogP contribution in [0.25, 0.3) is 10.9 Å². The molecule has 5 N–H and O–H groups in total. The number of hydrogen-bond donors (Lipinski definition) is 3. The first-order chi connectivity index (χ1) is 17.8. The average Bonchev–Trinajstić information content (AvgIpc) is 3.14. The molecule has 4 aromatic rings. The van der Waals surface area contributed by atoms with Gasteiger partial charge in [0.1, 0.15) is 11.5 Å². The molecule has 0 atom stereocenters. The number of primary amides is 2. The van der Waals surface area contributed by atoms with Gasteiger partial charge in [-0.25, -0.2) is 9.37 Å². The Kier molecular flexibility index (Phi) is 6.80. The number of nitrogens with one attached hydrogen (secondary N) is 1. The van der Waals surface area contributed by atoms with Crippen molar-refractivity contribution in [1.82, 2.24) is 14.8 Å². The van der Waals surface area contributed by atoms with Crippen LogP contribution in [0.4, 0.5) is 23.2 Å². The summed E-state index contributed by atoms with van der Waals surface area (Å²) in [5.74, 6) is -3.73. The summed E-state index contributed by atoms with van der Waals surface area (Å²) in [5, 5.41) is 5.43. The van der Waals surface area contributed by atoms with Gasteiger partial charge in [-0.2, -0.15) is 18.3 Å². The first kappa shape index (κ1) is 26.5. The van der Waals surface area contributed by atoms with Gasteiger partial charge in [-0.1, -0.05) is 23.7 Å². The number of hydrogen-bond acceptors (Lipinski definition) is 5. The fourth-order valence-corrected chi connectivity index (χ4v) is 3.92.